The Morgan fingerprint density at radius 3 is 2.04 bits per heavy atom. The number of esters is 2. The van der Waals surface area contributed by atoms with Gasteiger partial charge in [-0.1, -0.05) is 42.5 Å². The van der Waals surface area contributed by atoms with Crippen LogP contribution in [0.5, 0.6) is 0 Å². The van der Waals surface area contributed by atoms with Crippen LogP contribution in [0.3, 0.4) is 0 Å². The first-order valence-electron chi connectivity index (χ1n) is 8.95. The van der Waals surface area contributed by atoms with Gasteiger partial charge in [-0.25, -0.2) is 4.79 Å². The van der Waals surface area contributed by atoms with Gasteiger partial charge < -0.3 is 14.8 Å². The lowest BCUT2D eigenvalue weighted by Crippen LogP contribution is -2.43. The number of hydrogen-bond acceptors (Lipinski definition) is 5. The number of nitrogens with one attached hydrogen (secondary N) is 1. The Bertz CT molecular complexity index is 822. The highest BCUT2D eigenvalue weighted by molar-refractivity contribution is 5.98. The molecule has 0 aliphatic rings. The second-order valence-corrected chi connectivity index (χ2v) is 7.28. The summed E-state index contributed by atoms with van der Waals surface area (Å²) in [5.41, 5.74) is 1.69. The first kappa shape index (κ1) is 21.2. The van der Waals surface area contributed by atoms with Crippen LogP contribution in [0.1, 0.15) is 37.6 Å². The van der Waals surface area contributed by atoms with Crippen LogP contribution in [-0.4, -0.2) is 36.6 Å². The van der Waals surface area contributed by atoms with Crippen LogP contribution in [0.2, 0.25) is 0 Å². The average molecular weight is 383 g/mol. The van der Waals surface area contributed by atoms with Crippen LogP contribution in [0.25, 0.3) is 11.1 Å². The summed E-state index contributed by atoms with van der Waals surface area (Å²) in [5, 5.41) is 2.55. The maximum atomic E-state index is 12.5. The molecule has 0 bridgehead atoms. The van der Waals surface area contributed by atoms with Crippen molar-refractivity contribution in [1.29, 1.82) is 0 Å². The van der Waals surface area contributed by atoms with E-state index in [9.17, 15) is 14.4 Å². The molecule has 0 aliphatic heterocycles. The molecule has 6 nitrogen and oxygen atoms in total. The van der Waals surface area contributed by atoms with Crippen molar-refractivity contribution in [1.82, 2.24) is 5.32 Å². The number of amides is 1. The quantitative estimate of drug-likeness (QED) is 0.774. The van der Waals surface area contributed by atoms with Gasteiger partial charge in [-0.2, -0.15) is 0 Å². The number of carbonyl (C=O) groups is 3. The first-order chi connectivity index (χ1) is 13.2. The minimum atomic E-state index is -1.12. The van der Waals surface area contributed by atoms with E-state index in [1.54, 1.807) is 32.9 Å². The molecule has 0 saturated carbocycles. The molecule has 148 valence electrons. The first-order valence-corrected chi connectivity index (χ1v) is 8.95. The molecule has 0 radical (unpaired) electrons. The zero-order valence-electron chi connectivity index (χ0n) is 16.5. The Kier molecular flexibility index (Phi) is 6.93. The molecule has 28 heavy (non-hydrogen) atoms. The lowest BCUT2D eigenvalue weighted by Gasteiger charge is -2.22. The van der Waals surface area contributed by atoms with Gasteiger partial charge >= 0.3 is 11.9 Å². The van der Waals surface area contributed by atoms with Crippen molar-refractivity contribution >= 4 is 17.8 Å². The molecular formula is C22H25NO5. The molecule has 2 rings (SSSR count). The molecule has 2 aromatic rings. The van der Waals surface area contributed by atoms with E-state index in [0.717, 1.165) is 11.1 Å². The predicted molar refractivity (Wildman–Crippen MR) is 106 cm³/mol. The van der Waals surface area contributed by atoms with Gasteiger partial charge in [-0.05, 0) is 44.0 Å². The minimum absolute atomic E-state index is 0.308. The van der Waals surface area contributed by atoms with Crippen LogP contribution in [0.4, 0.5) is 0 Å². The molecule has 0 fully saturated rings. The zero-order valence-corrected chi connectivity index (χ0v) is 16.5. The lowest BCUT2D eigenvalue weighted by atomic mass is 10.0. The standard InChI is InChI=1S/C22H25NO5/c1-22(2,3)28-19(24)14-18(21(26)27-4)23-20(25)17-12-10-16(11-13-17)15-8-6-5-7-9-15/h5-13,18H,14H2,1-4H3,(H,23,25)/t18-/m1/s1. The highest BCUT2D eigenvalue weighted by atomic mass is 16.6. The molecule has 0 unspecified atom stereocenters. The van der Waals surface area contributed by atoms with Crippen LogP contribution < -0.4 is 5.32 Å². The summed E-state index contributed by atoms with van der Waals surface area (Å²) in [6.45, 7) is 5.18. The van der Waals surface area contributed by atoms with Crippen molar-refractivity contribution in [2.45, 2.75) is 38.8 Å². The maximum Gasteiger partial charge on any atom is 0.328 e. The smallest absolute Gasteiger partial charge is 0.328 e. The van der Waals surface area contributed by atoms with Crippen molar-refractivity contribution in [3.8, 4) is 11.1 Å². The van der Waals surface area contributed by atoms with Crippen molar-refractivity contribution < 1.29 is 23.9 Å². The van der Waals surface area contributed by atoms with Gasteiger partial charge in [0.2, 0.25) is 0 Å². The Balaban J connectivity index is 2.08. The summed E-state index contributed by atoms with van der Waals surface area (Å²) in [4.78, 5) is 36.5. The molecule has 0 saturated heterocycles. The van der Waals surface area contributed by atoms with E-state index in [2.05, 4.69) is 5.32 Å². The highest BCUT2D eigenvalue weighted by Crippen LogP contribution is 2.19. The van der Waals surface area contributed by atoms with Gasteiger partial charge in [0.05, 0.1) is 13.5 Å². The fourth-order valence-electron chi connectivity index (χ4n) is 2.57. The fraction of sp³-hybridized carbons (Fsp3) is 0.318. The van der Waals surface area contributed by atoms with Gasteiger partial charge in [-0.15, -0.1) is 0 Å². The van der Waals surface area contributed by atoms with Crippen LogP contribution >= 0.6 is 0 Å². The van der Waals surface area contributed by atoms with E-state index in [4.69, 9.17) is 9.47 Å². The number of methoxy groups -OCH3 is 1. The summed E-state index contributed by atoms with van der Waals surface area (Å²) in [7, 11) is 1.20. The molecule has 6 heteroatoms. The molecule has 0 heterocycles. The van der Waals surface area contributed by atoms with E-state index in [-0.39, 0.29) is 6.42 Å². The van der Waals surface area contributed by atoms with Crippen molar-refractivity contribution in [2.24, 2.45) is 0 Å². The third-order valence-electron chi connectivity index (χ3n) is 3.84. The van der Waals surface area contributed by atoms with E-state index in [1.165, 1.54) is 7.11 Å². The molecule has 2 aromatic carbocycles. The van der Waals surface area contributed by atoms with Gasteiger partial charge in [0.25, 0.3) is 5.91 Å². The summed E-state index contributed by atoms with van der Waals surface area (Å²) < 4.78 is 9.91. The predicted octanol–water partition coefficient (Wildman–Crippen LogP) is 3.36. The maximum absolute atomic E-state index is 12.5. The van der Waals surface area contributed by atoms with Crippen LogP contribution in [-0.2, 0) is 19.1 Å². The monoisotopic (exact) mass is 383 g/mol. The van der Waals surface area contributed by atoms with Gasteiger partial charge in [0.15, 0.2) is 0 Å². The molecule has 1 atom stereocenters. The highest BCUT2D eigenvalue weighted by Gasteiger charge is 2.28. The van der Waals surface area contributed by atoms with E-state index >= 15 is 0 Å². The third-order valence-corrected chi connectivity index (χ3v) is 3.84. The Labute approximate surface area is 164 Å². The molecular weight excluding hydrogens is 358 g/mol. The van der Waals surface area contributed by atoms with E-state index in [1.807, 2.05) is 42.5 Å². The number of rotatable bonds is 6. The lowest BCUT2D eigenvalue weighted by molar-refractivity contribution is -0.158. The normalized spacial score (nSPS) is 12.0. The Hall–Kier alpha value is -3.15. The minimum Gasteiger partial charge on any atom is -0.467 e. The van der Waals surface area contributed by atoms with Crippen molar-refractivity contribution in [3.63, 3.8) is 0 Å². The second-order valence-electron chi connectivity index (χ2n) is 7.28. The largest absolute Gasteiger partial charge is 0.467 e. The molecule has 1 amide bonds. The van der Waals surface area contributed by atoms with Gasteiger partial charge in [0.1, 0.15) is 11.6 Å². The summed E-state index contributed by atoms with van der Waals surface area (Å²) >= 11 is 0. The fourth-order valence-corrected chi connectivity index (χ4v) is 2.57. The third kappa shape index (κ3) is 6.23. The SMILES string of the molecule is COC(=O)[C@@H](CC(=O)OC(C)(C)C)NC(=O)c1ccc(-c2ccccc2)cc1. The van der Waals surface area contributed by atoms with Crippen molar-refractivity contribution in [3.05, 3.63) is 60.2 Å². The number of carbonyl (C=O) groups excluding carboxylic acids is 3. The second kappa shape index (κ2) is 9.17. The molecule has 1 N–H and O–H groups in total. The van der Waals surface area contributed by atoms with Crippen LogP contribution in [0, 0.1) is 0 Å². The van der Waals surface area contributed by atoms with Crippen molar-refractivity contribution in [2.75, 3.05) is 7.11 Å². The van der Waals surface area contributed by atoms with E-state index < -0.39 is 29.5 Å². The number of hydrogen-bond donors (Lipinski definition) is 1. The number of benzene rings is 2. The Morgan fingerprint density at radius 2 is 1.50 bits per heavy atom. The van der Waals surface area contributed by atoms with Crippen LogP contribution in [0.15, 0.2) is 54.6 Å². The van der Waals surface area contributed by atoms with Gasteiger partial charge in [0, 0.05) is 5.56 Å². The molecule has 0 spiro atoms. The number of ether oxygens (including phenoxy) is 2. The molecule has 0 aromatic heterocycles. The summed E-state index contributed by atoms with van der Waals surface area (Å²) in [6.07, 6.45) is -0.308. The zero-order chi connectivity index (χ0) is 20.7. The summed E-state index contributed by atoms with van der Waals surface area (Å²) in [6, 6.07) is 15.6. The molecule has 0 aliphatic carbocycles. The van der Waals surface area contributed by atoms with Gasteiger partial charge in [-0.3, -0.25) is 9.59 Å². The summed E-state index contributed by atoms with van der Waals surface area (Å²) in [5.74, 6) is -1.78. The Morgan fingerprint density at radius 1 is 0.929 bits per heavy atom. The topological polar surface area (TPSA) is 81.7 Å². The van der Waals surface area contributed by atoms with E-state index in [0.29, 0.717) is 5.56 Å². The average Bonchev–Trinajstić information content (AvgIpc) is 2.66.